The van der Waals surface area contributed by atoms with Crippen LogP contribution in [0.25, 0.3) is 0 Å². The van der Waals surface area contributed by atoms with Crippen LogP contribution in [0.4, 0.5) is 0 Å². The number of hydrogen-bond donors (Lipinski definition) is 0. The average molecular weight is 1280 g/mol. The first-order valence-electron chi connectivity index (χ1n) is 40.2. The lowest BCUT2D eigenvalue weighted by atomic mass is 10.0. The van der Waals surface area contributed by atoms with E-state index >= 15 is 0 Å². The van der Waals surface area contributed by atoms with Crippen LogP contribution >= 0.6 is 7.82 Å². The molecule has 0 aromatic carbocycles. The zero-order valence-electron chi connectivity index (χ0n) is 60.9. The molecule has 0 saturated carbocycles. The number of phosphoric acid groups is 1. The SMILES string of the molecule is CCCCCCCCCCCCCCCCCCCCCCCCCCCCCCCCCCCCC(=O)OC(COC(=O)CCCCCCCCCCCCCCCCCCCCCCCCCCCCCCCCC)COP(=O)([O-])OCC[N+](C)(C)C. The summed E-state index contributed by atoms with van der Waals surface area (Å²) in [6.45, 7) is 4.35. The number of ether oxygens (including phenoxy) is 2. The van der Waals surface area contributed by atoms with E-state index in [1.165, 1.54) is 379 Å². The van der Waals surface area contributed by atoms with Crippen molar-refractivity contribution in [3.05, 3.63) is 0 Å². The molecular formula is C79H158NO8P. The molecule has 0 fully saturated rings. The Hall–Kier alpha value is -0.990. The van der Waals surface area contributed by atoms with Crippen molar-refractivity contribution < 1.29 is 42.1 Å². The standard InChI is InChI=1S/C79H158NO8P/c1-6-8-10-12-14-16-18-20-22-24-26-28-30-32-34-36-38-39-40-42-44-46-48-50-52-54-56-58-60-62-64-66-68-70-72-79(82)88-77(76-87-89(83,84)86-74-73-80(3,4)5)75-85-78(81)71-69-67-65-63-61-59-57-55-53-51-49-47-45-43-41-37-35-33-31-29-27-25-23-21-19-17-15-13-11-9-7-2/h77H,6-76H2,1-5H3. The molecule has 0 amide bonds. The monoisotopic (exact) mass is 1280 g/mol. The number of carbonyl (C=O) groups excluding carboxylic acids is 2. The fourth-order valence-corrected chi connectivity index (χ4v) is 13.5. The second kappa shape index (κ2) is 71.3. The van der Waals surface area contributed by atoms with Crippen LogP contribution < -0.4 is 4.89 Å². The minimum Gasteiger partial charge on any atom is -0.756 e. The predicted octanol–water partition coefficient (Wildman–Crippen LogP) is 25.8. The summed E-state index contributed by atoms with van der Waals surface area (Å²) in [7, 11) is 1.20. The Morgan fingerprint density at radius 1 is 0.303 bits per heavy atom. The van der Waals surface area contributed by atoms with Crippen LogP contribution in [0, 0.1) is 0 Å². The second-order valence-electron chi connectivity index (χ2n) is 29.2. The molecule has 0 aliphatic carbocycles. The van der Waals surface area contributed by atoms with Crippen molar-refractivity contribution in [2.45, 2.75) is 450 Å². The molecule has 532 valence electrons. The van der Waals surface area contributed by atoms with Crippen LogP contribution in [0.2, 0.25) is 0 Å². The van der Waals surface area contributed by atoms with Gasteiger partial charge in [0.2, 0.25) is 0 Å². The Morgan fingerprint density at radius 2 is 0.506 bits per heavy atom. The maximum Gasteiger partial charge on any atom is 0.306 e. The van der Waals surface area contributed by atoms with E-state index < -0.39 is 26.5 Å². The van der Waals surface area contributed by atoms with Gasteiger partial charge < -0.3 is 27.9 Å². The Balaban J connectivity index is 3.88. The van der Waals surface area contributed by atoms with Gasteiger partial charge in [0.05, 0.1) is 27.7 Å². The molecular weight excluding hydrogens is 1120 g/mol. The first-order chi connectivity index (χ1) is 43.5. The van der Waals surface area contributed by atoms with E-state index in [2.05, 4.69) is 13.8 Å². The van der Waals surface area contributed by atoms with Crippen LogP contribution in [0.5, 0.6) is 0 Å². The fraction of sp³-hybridized carbons (Fsp3) is 0.975. The highest BCUT2D eigenvalue weighted by molar-refractivity contribution is 7.45. The molecule has 0 heterocycles. The van der Waals surface area contributed by atoms with Crippen molar-refractivity contribution in [3.8, 4) is 0 Å². The minimum absolute atomic E-state index is 0.0246. The normalized spacial score (nSPS) is 12.9. The quantitative estimate of drug-likeness (QED) is 0.0256. The molecule has 9 nitrogen and oxygen atoms in total. The molecule has 10 heteroatoms. The highest BCUT2D eigenvalue weighted by Gasteiger charge is 2.22. The molecule has 0 bridgehead atoms. The molecule has 0 N–H and O–H groups in total. The molecule has 0 aromatic heterocycles. The third-order valence-electron chi connectivity index (χ3n) is 18.9. The molecule has 2 atom stereocenters. The van der Waals surface area contributed by atoms with Gasteiger partial charge in [-0.2, -0.15) is 0 Å². The Bertz CT molecular complexity index is 1460. The van der Waals surface area contributed by atoms with E-state index in [9.17, 15) is 19.0 Å². The maximum atomic E-state index is 12.9. The van der Waals surface area contributed by atoms with E-state index in [4.69, 9.17) is 18.5 Å². The van der Waals surface area contributed by atoms with Gasteiger partial charge in [0.1, 0.15) is 19.8 Å². The molecule has 0 aliphatic rings. The second-order valence-corrected chi connectivity index (χ2v) is 30.6. The first kappa shape index (κ1) is 88.0. The van der Waals surface area contributed by atoms with E-state index in [-0.39, 0.29) is 32.0 Å². The van der Waals surface area contributed by atoms with Crippen molar-refractivity contribution in [1.29, 1.82) is 0 Å². The Labute approximate surface area is 556 Å². The van der Waals surface area contributed by atoms with Crippen molar-refractivity contribution in [2.24, 2.45) is 0 Å². The van der Waals surface area contributed by atoms with Gasteiger partial charge in [-0.3, -0.25) is 14.2 Å². The molecule has 0 aliphatic heterocycles. The average Bonchev–Trinajstić information content (AvgIpc) is 3.60. The lowest BCUT2D eigenvalue weighted by molar-refractivity contribution is -0.870. The summed E-state index contributed by atoms with van der Waals surface area (Å²) in [6, 6.07) is 0. The van der Waals surface area contributed by atoms with E-state index in [1.807, 2.05) is 21.1 Å². The number of rotatable bonds is 77. The molecule has 0 spiro atoms. The summed E-state index contributed by atoms with van der Waals surface area (Å²) in [5.41, 5.74) is 0. The highest BCUT2D eigenvalue weighted by Crippen LogP contribution is 2.38. The van der Waals surface area contributed by atoms with Gasteiger partial charge in [0, 0.05) is 12.8 Å². The van der Waals surface area contributed by atoms with Crippen molar-refractivity contribution >= 4 is 19.8 Å². The number of likely N-dealkylation sites (N-methyl/N-ethyl adjacent to an activating group) is 1. The summed E-state index contributed by atoms with van der Waals surface area (Å²) in [4.78, 5) is 38.2. The van der Waals surface area contributed by atoms with Crippen molar-refractivity contribution in [1.82, 2.24) is 0 Å². The van der Waals surface area contributed by atoms with Gasteiger partial charge in [-0.1, -0.05) is 418 Å². The number of unbranched alkanes of at least 4 members (excludes halogenated alkanes) is 63. The van der Waals surface area contributed by atoms with Crippen molar-refractivity contribution in [3.63, 3.8) is 0 Å². The lowest BCUT2D eigenvalue weighted by Crippen LogP contribution is -2.37. The molecule has 0 saturated heterocycles. The topological polar surface area (TPSA) is 111 Å². The lowest BCUT2D eigenvalue weighted by Gasteiger charge is -2.28. The molecule has 0 aromatic rings. The van der Waals surface area contributed by atoms with Gasteiger partial charge in [-0.25, -0.2) is 0 Å². The highest BCUT2D eigenvalue weighted by atomic mass is 31.2. The zero-order valence-corrected chi connectivity index (χ0v) is 61.8. The van der Waals surface area contributed by atoms with E-state index in [0.29, 0.717) is 17.4 Å². The number of carbonyl (C=O) groups is 2. The first-order valence-corrected chi connectivity index (χ1v) is 41.7. The fourth-order valence-electron chi connectivity index (χ4n) is 12.7. The van der Waals surface area contributed by atoms with Gasteiger partial charge in [0.25, 0.3) is 7.82 Å². The largest absolute Gasteiger partial charge is 0.756 e. The summed E-state index contributed by atoms with van der Waals surface area (Å²) in [5, 5.41) is 0. The van der Waals surface area contributed by atoms with Crippen LogP contribution in [0.1, 0.15) is 444 Å². The summed E-state index contributed by atoms with van der Waals surface area (Å²) >= 11 is 0. The molecule has 2 unspecified atom stereocenters. The molecule has 0 rings (SSSR count). The van der Waals surface area contributed by atoms with Crippen LogP contribution in [0.15, 0.2) is 0 Å². The van der Waals surface area contributed by atoms with Crippen molar-refractivity contribution in [2.75, 3.05) is 47.5 Å². The summed E-state index contributed by atoms with van der Waals surface area (Å²) < 4.78 is 34.4. The van der Waals surface area contributed by atoms with Crippen LogP contribution in [-0.4, -0.2) is 70.0 Å². The number of phosphoric ester groups is 1. The maximum absolute atomic E-state index is 12.9. The number of nitrogens with zero attached hydrogens (tertiary/aromatic N) is 1. The van der Waals surface area contributed by atoms with Gasteiger partial charge in [-0.15, -0.1) is 0 Å². The molecule has 89 heavy (non-hydrogen) atoms. The number of esters is 2. The summed E-state index contributed by atoms with van der Waals surface area (Å²) in [6.07, 6.45) is 88.1. The smallest absolute Gasteiger partial charge is 0.306 e. The van der Waals surface area contributed by atoms with Gasteiger partial charge >= 0.3 is 11.9 Å². The summed E-state index contributed by atoms with van der Waals surface area (Å²) in [5.74, 6) is -0.800. The Morgan fingerprint density at radius 3 is 0.719 bits per heavy atom. The van der Waals surface area contributed by atoms with Gasteiger partial charge in [-0.05, 0) is 12.8 Å². The van der Waals surface area contributed by atoms with E-state index in [0.717, 1.165) is 32.1 Å². The predicted molar refractivity (Wildman–Crippen MR) is 384 cm³/mol. The zero-order chi connectivity index (χ0) is 64.8. The van der Waals surface area contributed by atoms with Crippen LogP contribution in [-0.2, 0) is 32.7 Å². The number of quaternary nitrogens is 1. The number of hydrogen-bond acceptors (Lipinski definition) is 8. The van der Waals surface area contributed by atoms with Gasteiger partial charge in [0.15, 0.2) is 6.10 Å². The third-order valence-corrected chi connectivity index (χ3v) is 19.8. The Kier molecular flexibility index (Phi) is 70.5. The van der Waals surface area contributed by atoms with E-state index in [1.54, 1.807) is 0 Å². The molecule has 0 radical (unpaired) electrons. The van der Waals surface area contributed by atoms with Crippen LogP contribution in [0.3, 0.4) is 0 Å². The minimum atomic E-state index is -4.64. The third kappa shape index (κ3) is 75.9.